The number of ether oxygens (including phenoxy) is 2. The van der Waals surface area contributed by atoms with E-state index in [0.29, 0.717) is 6.42 Å². The summed E-state index contributed by atoms with van der Waals surface area (Å²) in [5, 5.41) is 25.7. The van der Waals surface area contributed by atoms with E-state index in [1.54, 1.807) is 33.1 Å². The van der Waals surface area contributed by atoms with E-state index in [9.17, 15) is 48.3 Å². The first-order chi connectivity index (χ1) is 33.8. The van der Waals surface area contributed by atoms with Gasteiger partial charge in [-0.2, -0.15) is 0 Å². The highest BCUT2D eigenvalue weighted by atomic mass is 16.5. The predicted octanol–water partition coefficient (Wildman–Crippen LogP) is 0.707. The Labute approximate surface area is 422 Å². The quantitative estimate of drug-likeness (QED) is 0.0292. The highest BCUT2D eigenvalue weighted by Crippen LogP contribution is 2.19. The van der Waals surface area contributed by atoms with Crippen LogP contribution in [0.5, 0.6) is 0 Å². The van der Waals surface area contributed by atoms with E-state index in [1.165, 1.54) is 27.8 Å². The molecule has 72 heavy (non-hydrogen) atoms. The number of nitrogens with zero attached hydrogens (tertiary/aromatic N) is 2. The summed E-state index contributed by atoms with van der Waals surface area (Å²) < 4.78 is 10.8. The van der Waals surface area contributed by atoms with E-state index in [0.717, 1.165) is 23.1 Å². The lowest BCUT2D eigenvalue weighted by Crippen LogP contribution is -2.59. The molecule has 1 fully saturated rings. The highest BCUT2D eigenvalue weighted by Gasteiger charge is 2.37. The van der Waals surface area contributed by atoms with Crippen LogP contribution in [-0.2, 0) is 59.0 Å². The number of nitrogens with two attached hydrogens (primary N) is 2. The number of aliphatic carboxylic acids is 1. The van der Waals surface area contributed by atoms with Crippen LogP contribution in [0.25, 0.3) is 0 Å². The topological polar surface area (TPSA) is 332 Å². The lowest BCUT2D eigenvalue weighted by atomic mass is 9.94. The van der Waals surface area contributed by atoms with Gasteiger partial charge in [-0.15, -0.1) is 0 Å². The van der Waals surface area contributed by atoms with Crippen molar-refractivity contribution in [3.05, 3.63) is 72.0 Å². The van der Waals surface area contributed by atoms with Crippen LogP contribution in [0.2, 0.25) is 0 Å². The van der Waals surface area contributed by atoms with Gasteiger partial charge in [0, 0.05) is 33.0 Å². The number of hydrogen-bond acceptors (Lipinski definition) is 12. The molecule has 1 saturated heterocycles. The van der Waals surface area contributed by atoms with Gasteiger partial charge < -0.3 is 62.8 Å². The molecule has 1 aromatic carbocycles. The average molecular weight is 1010 g/mol. The van der Waals surface area contributed by atoms with Gasteiger partial charge in [-0.25, -0.2) is 9.59 Å². The number of guanidine groups is 1. The second-order valence-corrected chi connectivity index (χ2v) is 18.4. The number of carbonyl (C=O) groups excluding carboxylic acids is 8. The summed E-state index contributed by atoms with van der Waals surface area (Å²) in [5.74, 6) is -11.6. The number of esters is 1. The second kappa shape index (κ2) is 29.9. The molecule has 0 bridgehead atoms. The number of hydrogen-bond donors (Lipinski definition) is 9. The Hall–Kier alpha value is -7.10. The Balaban J connectivity index is 2.76. The van der Waals surface area contributed by atoms with Gasteiger partial charge >= 0.3 is 11.9 Å². The second-order valence-electron chi connectivity index (χ2n) is 18.4. The maximum Gasteiger partial charge on any atom is 0.328 e. The Kier molecular flexibility index (Phi) is 25.4. The monoisotopic (exact) mass is 1010 g/mol. The number of nitrogens with one attached hydrogen (secondary N) is 6. The standard InChI is InChI=1S/C50H76N10O12/c1-27(2)24-38-47(67)59-41(48(68)69)31(6)43(63)56-36(18-15-23-53-50(51)52)46(66)55-35(20-19-28(3)25-29(4)39(71-10)26-34-16-13-12-14-17-34)30(5)42(62)57-37(49(70)72-11)21-22-40(61)60(9)33(8)45(65)54-32(7)44(64)58-38/h12-14,16-17,19-20,25,27,29-32,35-39,41H,8,15,18,21-24,26H2,1-7,9-11H3,(H,54,65)(H,55,66)(H,56,63)(H,57,62)(H,58,64)(H,59,67)(H,68,69)(H4,51,52,53)/b20-19+,28-25+/t29-,30-,31-,32+,35?,36?,37+,38-,39-,41?/m0/s1. The van der Waals surface area contributed by atoms with Crippen molar-refractivity contribution in [2.75, 3.05) is 27.8 Å². The minimum Gasteiger partial charge on any atom is -0.480 e. The van der Waals surface area contributed by atoms with Crippen LogP contribution in [-0.4, -0.2) is 139 Å². The predicted molar refractivity (Wildman–Crippen MR) is 269 cm³/mol. The lowest BCUT2D eigenvalue weighted by Gasteiger charge is -2.28. The van der Waals surface area contributed by atoms with Crippen molar-refractivity contribution in [3.8, 4) is 0 Å². The van der Waals surface area contributed by atoms with Gasteiger partial charge in [0.25, 0.3) is 5.91 Å². The van der Waals surface area contributed by atoms with E-state index in [1.807, 2.05) is 50.3 Å². The Morgan fingerprint density at radius 3 is 2.06 bits per heavy atom. The van der Waals surface area contributed by atoms with E-state index >= 15 is 0 Å². The fourth-order valence-corrected chi connectivity index (χ4v) is 7.59. The summed E-state index contributed by atoms with van der Waals surface area (Å²) in [4.78, 5) is 127. The lowest BCUT2D eigenvalue weighted by molar-refractivity contribution is -0.147. The number of methoxy groups -OCH3 is 2. The normalized spacial score (nSPS) is 25.1. The average Bonchev–Trinajstić information content (AvgIpc) is 3.33. The highest BCUT2D eigenvalue weighted by molar-refractivity contribution is 6.00. The molecule has 0 spiro atoms. The Bertz CT molecular complexity index is 2180. The number of rotatable bonds is 15. The molecule has 2 rings (SSSR count). The number of amides is 7. The van der Waals surface area contributed by atoms with Crippen molar-refractivity contribution in [1.29, 1.82) is 0 Å². The van der Waals surface area contributed by atoms with Crippen LogP contribution in [0.15, 0.2) is 71.4 Å². The molecule has 0 saturated carbocycles. The third-order valence-corrected chi connectivity index (χ3v) is 12.1. The summed E-state index contributed by atoms with van der Waals surface area (Å²) in [6, 6.07) is 1.37. The molecule has 10 atom stereocenters. The zero-order chi connectivity index (χ0) is 54.4. The summed E-state index contributed by atoms with van der Waals surface area (Å²) >= 11 is 0. The number of allylic oxidation sites excluding steroid dienone is 2. The molecule has 1 heterocycles. The Morgan fingerprint density at radius 2 is 1.47 bits per heavy atom. The van der Waals surface area contributed by atoms with Crippen molar-refractivity contribution in [2.45, 2.75) is 129 Å². The number of likely N-dealkylation sites (N-methyl/N-ethyl adjacent to an activating group) is 1. The molecular formula is C50H76N10O12. The zero-order valence-electron chi connectivity index (χ0n) is 43.1. The third kappa shape index (κ3) is 20.0. The largest absolute Gasteiger partial charge is 0.480 e. The molecule has 0 radical (unpaired) electrons. The summed E-state index contributed by atoms with van der Waals surface area (Å²) in [6.45, 7) is 15.1. The van der Waals surface area contributed by atoms with Crippen molar-refractivity contribution < 1.29 is 57.7 Å². The fraction of sp³-hybridized carbons (Fsp3) is 0.560. The fourth-order valence-electron chi connectivity index (χ4n) is 7.59. The SMILES string of the molecule is C=C1C(=O)N[C@H](C)C(=O)N[C@@H](CC(C)C)C(=O)NC(C(=O)O)[C@H](C)C(=O)NC(CCCN=C(N)N)C(=O)NC(/C=C/C(C)=C/[C@H](C)[C@H](Cc2ccccc2)OC)[C@H](C)C(=O)N[C@@H](C(=O)OC)CCC(=O)N1C. The van der Waals surface area contributed by atoms with Gasteiger partial charge in [0.1, 0.15) is 35.9 Å². The van der Waals surface area contributed by atoms with Crippen molar-refractivity contribution in [2.24, 2.45) is 40.1 Å². The summed E-state index contributed by atoms with van der Waals surface area (Å²) in [6.07, 6.45) is 5.02. The molecule has 22 heteroatoms. The van der Waals surface area contributed by atoms with Crippen LogP contribution >= 0.6 is 0 Å². The number of aliphatic imine (C=N–C) groups is 1. The number of carboxylic acid groups (broad SMARTS) is 1. The molecule has 3 unspecified atom stereocenters. The van der Waals surface area contributed by atoms with Crippen LogP contribution < -0.4 is 43.4 Å². The van der Waals surface area contributed by atoms with Gasteiger partial charge in [-0.1, -0.05) is 95.3 Å². The molecule has 1 aliphatic rings. The van der Waals surface area contributed by atoms with Crippen LogP contribution in [0.3, 0.4) is 0 Å². The van der Waals surface area contributed by atoms with Crippen molar-refractivity contribution >= 4 is 59.2 Å². The van der Waals surface area contributed by atoms with Gasteiger partial charge in [-0.3, -0.25) is 38.6 Å². The molecule has 0 aliphatic carbocycles. The van der Waals surface area contributed by atoms with E-state index in [2.05, 4.69) is 43.5 Å². The first kappa shape index (κ1) is 61.0. The minimum absolute atomic E-state index is 0.0153. The maximum absolute atomic E-state index is 14.4. The molecule has 398 valence electrons. The molecular weight excluding hydrogens is 933 g/mol. The first-order valence-corrected chi connectivity index (χ1v) is 23.9. The zero-order valence-corrected chi connectivity index (χ0v) is 43.1. The molecule has 11 N–H and O–H groups in total. The maximum atomic E-state index is 14.4. The molecule has 1 aromatic rings. The number of carbonyl (C=O) groups is 9. The number of benzene rings is 1. The Morgan fingerprint density at radius 1 is 0.861 bits per heavy atom. The summed E-state index contributed by atoms with van der Waals surface area (Å²) in [7, 11) is 3.97. The van der Waals surface area contributed by atoms with Crippen LogP contribution in [0, 0.1) is 23.7 Å². The minimum atomic E-state index is -1.87. The third-order valence-electron chi connectivity index (χ3n) is 12.1. The molecule has 22 nitrogen and oxygen atoms in total. The van der Waals surface area contributed by atoms with Crippen molar-refractivity contribution in [1.82, 2.24) is 36.8 Å². The van der Waals surface area contributed by atoms with Crippen LogP contribution in [0.4, 0.5) is 0 Å². The van der Waals surface area contributed by atoms with E-state index < -0.39 is 108 Å². The van der Waals surface area contributed by atoms with E-state index in [4.69, 9.17) is 20.9 Å². The smallest absolute Gasteiger partial charge is 0.328 e. The molecule has 1 aliphatic heterocycles. The number of carboxylic acids is 1. The molecule has 7 amide bonds. The molecule has 0 aromatic heterocycles. The van der Waals surface area contributed by atoms with Gasteiger partial charge in [-0.05, 0) is 57.4 Å². The van der Waals surface area contributed by atoms with Gasteiger partial charge in [0.2, 0.25) is 35.4 Å². The van der Waals surface area contributed by atoms with Gasteiger partial charge in [0.15, 0.2) is 5.96 Å². The summed E-state index contributed by atoms with van der Waals surface area (Å²) in [5.41, 5.74) is 12.5. The van der Waals surface area contributed by atoms with E-state index in [-0.39, 0.29) is 61.8 Å². The van der Waals surface area contributed by atoms with Gasteiger partial charge in [0.05, 0.1) is 31.1 Å². The van der Waals surface area contributed by atoms with Crippen molar-refractivity contribution in [3.63, 3.8) is 0 Å². The first-order valence-electron chi connectivity index (χ1n) is 23.9. The van der Waals surface area contributed by atoms with Crippen LogP contribution in [0.1, 0.15) is 86.1 Å².